The Kier molecular flexibility index (Phi) is 5.74. The van der Waals surface area contributed by atoms with Crippen LogP contribution in [0.3, 0.4) is 0 Å². The third kappa shape index (κ3) is 4.08. The summed E-state index contributed by atoms with van der Waals surface area (Å²) in [6.45, 7) is 11.6. The van der Waals surface area contributed by atoms with Gasteiger partial charge in [0.15, 0.2) is 11.8 Å². The molecule has 0 amide bonds. The van der Waals surface area contributed by atoms with E-state index in [9.17, 15) is 0 Å². The molecule has 0 spiro atoms. The van der Waals surface area contributed by atoms with Crippen molar-refractivity contribution in [2.75, 3.05) is 19.6 Å². The molecule has 1 N–H and O–H groups in total. The number of aromatic nitrogens is 3. The van der Waals surface area contributed by atoms with E-state index in [1.165, 1.54) is 25.7 Å². The molecule has 1 unspecified atom stereocenters. The largest absolute Gasteiger partial charge is 0.357 e. The van der Waals surface area contributed by atoms with Crippen LogP contribution >= 0.6 is 0 Å². The van der Waals surface area contributed by atoms with Crippen LogP contribution in [0.2, 0.25) is 0 Å². The van der Waals surface area contributed by atoms with Crippen molar-refractivity contribution in [3.8, 4) is 0 Å². The van der Waals surface area contributed by atoms with E-state index in [2.05, 4.69) is 45.8 Å². The highest BCUT2D eigenvalue weighted by Gasteiger charge is 2.25. The van der Waals surface area contributed by atoms with Crippen LogP contribution in [0.15, 0.2) is 4.99 Å². The highest BCUT2D eigenvalue weighted by atomic mass is 15.3. The Labute approximate surface area is 145 Å². The van der Waals surface area contributed by atoms with E-state index in [4.69, 9.17) is 4.99 Å². The van der Waals surface area contributed by atoms with Gasteiger partial charge < -0.3 is 14.8 Å². The second-order valence-corrected chi connectivity index (χ2v) is 7.54. The molecule has 1 aromatic rings. The third-order valence-corrected chi connectivity index (χ3v) is 5.03. The van der Waals surface area contributed by atoms with E-state index < -0.39 is 0 Å². The van der Waals surface area contributed by atoms with Crippen LogP contribution in [0.1, 0.15) is 58.1 Å². The first kappa shape index (κ1) is 17.2. The molecule has 3 heterocycles. The summed E-state index contributed by atoms with van der Waals surface area (Å²) in [5.41, 5.74) is 0. The van der Waals surface area contributed by atoms with E-state index in [1.54, 1.807) is 0 Å². The van der Waals surface area contributed by atoms with Gasteiger partial charge in [-0.15, -0.1) is 10.2 Å². The highest BCUT2D eigenvalue weighted by Crippen LogP contribution is 2.23. The summed E-state index contributed by atoms with van der Waals surface area (Å²) in [5, 5.41) is 12.2. The maximum Gasteiger partial charge on any atom is 0.194 e. The van der Waals surface area contributed by atoms with Crippen LogP contribution in [-0.4, -0.2) is 45.3 Å². The molecule has 6 heteroatoms. The SMILES string of the molecule is CCNC(=NCc1nnc2n1CCCC2)N1CCC(CC(C)C)C1. The van der Waals surface area contributed by atoms with Gasteiger partial charge in [0.25, 0.3) is 0 Å². The van der Waals surface area contributed by atoms with Crippen molar-refractivity contribution in [2.24, 2.45) is 16.8 Å². The summed E-state index contributed by atoms with van der Waals surface area (Å²) in [6.07, 6.45) is 6.11. The van der Waals surface area contributed by atoms with Crippen LogP contribution in [0.5, 0.6) is 0 Å². The van der Waals surface area contributed by atoms with Crippen LogP contribution < -0.4 is 5.32 Å². The zero-order valence-corrected chi connectivity index (χ0v) is 15.5. The number of nitrogens with one attached hydrogen (secondary N) is 1. The molecule has 0 bridgehead atoms. The van der Waals surface area contributed by atoms with Gasteiger partial charge in [0.05, 0.1) is 0 Å². The fourth-order valence-electron chi connectivity index (χ4n) is 3.94. The zero-order chi connectivity index (χ0) is 16.9. The molecule has 0 aliphatic carbocycles. The van der Waals surface area contributed by atoms with Gasteiger partial charge in [0.1, 0.15) is 12.4 Å². The molecule has 0 aromatic carbocycles. The first-order valence-electron chi connectivity index (χ1n) is 9.61. The van der Waals surface area contributed by atoms with E-state index in [0.717, 1.165) is 62.0 Å². The van der Waals surface area contributed by atoms with Gasteiger partial charge >= 0.3 is 0 Å². The monoisotopic (exact) mass is 332 g/mol. The minimum Gasteiger partial charge on any atom is -0.357 e. The number of hydrogen-bond donors (Lipinski definition) is 1. The molecule has 134 valence electrons. The van der Waals surface area contributed by atoms with Crippen LogP contribution in [0.25, 0.3) is 0 Å². The Morgan fingerprint density at radius 3 is 2.96 bits per heavy atom. The second kappa shape index (κ2) is 7.99. The van der Waals surface area contributed by atoms with Gasteiger partial charge in [-0.25, -0.2) is 4.99 Å². The number of fused-ring (bicyclic) bond motifs is 1. The normalized spacial score (nSPS) is 21.4. The van der Waals surface area contributed by atoms with Crippen molar-refractivity contribution in [1.82, 2.24) is 25.0 Å². The Morgan fingerprint density at radius 2 is 2.17 bits per heavy atom. The number of guanidine groups is 1. The number of aryl methyl sites for hydroxylation is 1. The first-order chi connectivity index (χ1) is 11.7. The summed E-state index contributed by atoms with van der Waals surface area (Å²) in [7, 11) is 0. The number of likely N-dealkylation sites (tertiary alicyclic amines) is 1. The summed E-state index contributed by atoms with van der Waals surface area (Å²) in [4.78, 5) is 7.29. The predicted molar refractivity (Wildman–Crippen MR) is 96.9 cm³/mol. The van der Waals surface area contributed by atoms with Crippen molar-refractivity contribution in [1.29, 1.82) is 0 Å². The van der Waals surface area contributed by atoms with Gasteiger partial charge in [-0.2, -0.15) is 0 Å². The van der Waals surface area contributed by atoms with Crippen molar-refractivity contribution >= 4 is 5.96 Å². The number of nitrogens with zero attached hydrogens (tertiary/aromatic N) is 5. The van der Waals surface area contributed by atoms with Crippen molar-refractivity contribution < 1.29 is 0 Å². The van der Waals surface area contributed by atoms with Gasteiger partial charge in [0, 0.05) is 32.6 Å². The molecule has 1 aromatic heterocycles. The number of hydrogen-bond acceptors (Lipinski definition) is 3. The maximum atomic E-state index is 4.87. The van der Waals surface area contributed by atoms with Gasteiger partial charge in [-0.3, -0.25) is 0 Å². The van der Waals surface area contributed by atoms with Gasteiger partial charge in [-0.05, 0) is 44.4 Å². The van der Waals surface area contributed by atoms with Crippen LogP contribution in [-0.2, 0) is 19.5 Å². The van der Waals surface area contributed by atoms with E-state index >= 15 is 0 Å². The quantitative estimate of drug-likeness (QED) is 0.665. The number of aliphatic imine (C=N–C) groups is 1. The summed E-state index contributed by atoms with van der Waals surface area (Å²) >= 11 is 0. The molecular formula is C18H32N6. The van der Waals surface area contributed by atoms with Crippen molar-refractivity contribution in [3.63, 3.8) is 0 Å². The van der Waals surface area contributed by atoms with Crippen molar-refractivity contribution in [2.45, 2.75) is 66.0 Å². The lowest BCUT2D eigenvalue weighted by Crippen LogP contribution is -2.40. The van der Waals surface area contributed by atoms with E-state index in [-0.39, 0.29) is 0 Å². The number of rotatable bonds is 5. The minimum atomic E-state index is 0.626. The topological polar surface area (TPSA) is 58.3 Å². The van der Waals surface area contributed by atoms with Crippen LogP contribution in [0, 0.1) is 11.8 Å². The molecule has 6 nitrogen and oxygen atoms in total. The smallest absolute Gasteiger partial charge is 0.194 e. The molecule has 0 saturated carbocycles. The lowest BCUT2D eigenvalue weighted by atomic mass is 9.97. The third-order valence-electron chi connectivity index (χ3n) is 5.03. The molecule has 2 aliphatic heterocycles. The maximum absolute atomic E-state index is 4.87. The molecule has 3 rings (SSSR count). The molecular weight excluding hydrogens is 300 g/mol. The molecule has 2 aliphatic rings. The zero-order valence-electron chi connectivity index (χ0n) is 15.5. The Morgan fingerprint density at radius 1 is 1.29 bits per heavy atom. The second-order valence-electron chi connectivity index (χ2n) is 7.54. The lowest BCUT2D eigenvalue weighted by Gasteiger charge is -2.22. The average molecular weight is 332 g/mol. The molecule has 1 atom stereocenters. The molecule has 0 radical (unpaired) electrons. The summed E-state index contributed by atoms with van der Waals surface area (Å²) < 4.78 is 2.27. The first-order valence-corrected chi connectivity index (χ1v) is 9.61. The van der Waals surface area contributed by atoms with Gasteiger partial charge in [0.2, 0.25) is 0 Å². The Balaban J connectivity index is 1.65. The Hall–Kier alpha value is -1.59. The van der Waals surface area contributed by atoms with Crippen LogP contribution in [0.4, 0.5) is 0 Å². The lowest BCUT2D eigenvalue weighted by molar-refractivity contribution is 0.403. The summed E-state index contributed by atoms with van der Waals surface area (Å²) in [5.74, 6) is 4.76. The summed E-state index contributed by atoms with van der Waals surface area (Å²) in [6, 6.07) is 0. The molecule has 24 heavy (non-hydrogen) atoms. The molecule has 1 saturated heterocycles. The minimum absolute atomic E-state index is 0.626. The average Bonchev–Trinajstić information content (AvgIpc) is 3.18. The highest BCUT2D eigenvalue weighted by molar-refractivity contribution is 5.80. The Bertz CT molecular complexity index is 562. The van der Waals surface area contributed by atoms with E-state index in [1.807, 2.05) is 0 Å². The van der Waals surface area contributed by atoms with E-state index in [0.29, 0.717) is 6.54 Å². The van der Waals surface area contributed by atoms with Gasteiger partial charge in [-0.1, -0.05) is 13.8 Å². The standard InChI is InChI=1S/C18H32N6/c1-4-19-18(23-10-8-15(13-23)11-14(2)3)20-12-17-22-21-16-7-5-6-9-24(16)17/h14-15H,4-13H2,1-3H3,(H,19,20). The molecule has 1 fully saturated rings. The predicted octanol–water partition coefficient (Wildman–Crippen LogP) is 2.45. The van der Waals surface area contributed by atoms with Crippen molar-refractivity contribution in [3.05, 3.63) is 11.6 Å². The fraction of sp³-hybridized carbons (Fsp3) is 0.833. The fourth-order valence-corrected chi connectivity index (χ4v) is 3.94.